The monoisotopic (exact) mass is 367 g/mol. The van der Waals surface area contributed by atoms with E-state index in [1.165, 1.54) is 0 Å². The molecule has 0 unspecified atom stereocenters. The van der Waals surface area contributed by atoms with Crippen LogP contribution < -0.4 is 0 Å². The molecule has 0 aromatic carbocycles. The molecule has 0 N–H and O–H groups in total. The van der Waals surface area contributed by atoms with Crippen LogP contribution in [-0.2, 0) is 9.59 Å². The zero-order valence-electron chi connectivity index (χ0n) is 16.4. The maximum absolute atomic E-state index is 15.2. The van der Waals surface area contributed by atoms with Crippen molar-refractivity contribution in [2.45, 2.75) is 51.1 Å². The second-order valence-corrected chi connectivity index (χ2v) is 8.71. The van der Waals surface area contributed by atoms with Crippen molar-refractivity contribution in [2.75, 3.05) is 52.9 Å². The molecule has 2 saturated heterocycles. The molecule has 3 fully saturated rings. The van der Waals surface area contributed by atoms with Crippen LogP contribution in [0.25, 0.3) is 0 Å². The van der Waals surface area contributed by atoms with Crippen LogP contribution >= 0.6 is 0 Å². The van der Waals surface area contributed by atoms with E-state index in [0.717, 1.165) is 51.9 Å². The first-order valence-corrected chi connectivity index (χ1v) is 10.3. The van der Waals surface area contributed by atoms with Crippen molar-refractivity contribution >= 4 is 11.7 Å². The van der Waals surface area contributed by atoms with Crippen molar-refractivity contribution in [1.29, 1.82) is 0 Å². The molecule has 2 aliphatic heterocycles. The highest BCUT2D eigenvalue weighted by Gasteiger charge is 2.39. The molecule has 0 spiro atoms. The minimum Gasteiger partial charge on any atom is -0.342 e. The molecule has 1 aliphatic carbocycles. The number of alkyl halides is 1. The molecule has 5 nitrogen and oxygen atoms in total. The predicted octanol–water partition coefficient (Wildman–Crippen LogP) is 1.96. The molecule has 6 heteroatoms. The van der Waals surface area contributed by atoms with Crippen molar-refractivity contribution in [1.82, 2.24) is 14.7 Å². The minimum atomic E-state index is -1.15. The third-order valence-electron chi connectivity index (χ3n) is 6.73. The highest BCUT2D eigenvalue weighted by atomic mass is 19.1. The Labute approximate surface area is 156 Å². The lowest BCUT2D eigenvalue weighted by molar-refractivity contribution is -0.140. The molecule has 26 heavy (non-hydrogen) atoms. The second kappa shape index (κ2) is 8.34. The third kappa shape index (κ3) is 4.83. The quantitative estimate of drug-likeness (QED) is 0.762. The Bertz CT molecular complexity index is 503. The summed E-state index contributed by atoms with van der Waals surface area (Å²) in [6, 6.07) is 0. The molecule has 1 saturated carbocycles. The third-order valence-corrected chi connectivity index (χ3v) is 6.73. The number of piperazine rings is 1. The molecule has 3 rings (SSSR count). The van der Waals surface area contributed by atoms with E-state index in [1.54, 1.807) is 6.92 Å². The Morgan fingerprint density at radius 2 is 1.46 bits per heavy atom. The van der Waals surface area contributed by atoms with Crippen LogP contribution in [-0.4, -0.2) is 84.9 Å². The molecule has 1 amide bonds. The SMILES string of the molecule is CC(=O)C1CCC(C(=O)N2CCC(F)(CN3CCN(C)CC3)CC2)CC1. The average Bonchev–Trinajstić information content (AvgIpc) is 2.64. The summed E-state index contributed by atoms with van der Waals surface area (Å²) in [6.07, 6.45) is 4.18. The number of amides is 1. The van der Waals surface area contributed by atoms with Crippen molar-refractivity contribution < 1.29 is 14.0 Å². The Balaban J connectivity index is 1.44. The lowest BCUT2D eigenvalue weighted by Gasteiger charge is -2.42. The summed E-state index contributed by atoms with van der Waals surface area (Å²) in [4.78, 5) is 30.6. The topological polar surface area (TPSA) is 43.9 Å². The highest BCUT2D eigenvalue weighted by Crippen LogP contribution is 2.33. The van der Waals surface area contributed by atoms with Crippen LogP contribution in [0.3, 0.4) is 0 Å². The van der Waals surface area contributed by atoms with Gasteiger partial charge in [-0.05, 0) is 39.7 Å². The number of likely N-dealkylation sites (N-methyl/N-ethyl adjacent to an activating group) is 1. The summed E-state index contributed by atoms with van der Waals surface area (Å²) in [5.74, 6) is 0.617. The van der Waals surface area contributed by atoms with Gasteiger partial charge in [-0.3, -0.25) is 14.5 Å². The van der Waals surface area contributed by atoms with E-state index in [1.807, 2.05) is 4.90 Å². The van der Waals surface area contributed by atoms with Gasteiger partial charge in [0.15, 0.2) is 0 Å². The molecule has 3 aliphatic rings. The van der Waals surface area contributed by atoms with Gasteiger partial charge in [0.1, 0.15) is 11.5 Å². The zero-order valence-corrected chi connectivity index (χ0v) is 16.4. The maximum atomic E-state index is 15.2. The first kappa shape index (κ1) is 19.7. The number of halogens is 1. The standard InChI is InChI=1S/C20H34FN3O2/c1-16(25)17-3-5-18(6-4-17)19(26)24-9-7-20(21,8-10-24)15-23-13-11-22(2)12-14-23/h17-18H,3-15H2,1-2H3. The first-order chi connectivity index (χ1) is 12.4. The average molecular weight is 368 g/mol. The van der Waals surface area contributed by atoms with E-state index in [0.29, 0.717) is 32.5 Å². The van der Waals surface area contributed by atoms with Gasteiger partial charge in [-0.25, -0.2) is 4.39 Å². The van der Waals surface area contributed by atoms with Crippen LogP contribution in [0.15, 0.2) is 0 Å². The summed E-state index contributed by atoms with van der Waals surface area (Å²) in [7, 11) is 2.11. The van der Waals surface area contributed by atoms with Crippen LogP contribution in [0, 0.1) is 11.8 Å². The molecular weight excluding hydrogens is 333 g/mol. The Kier molecular flexibility index (Phi) is 6.33. The lowest BCUT2D eigenvalue weighted by Crippen LogP contribution is -2.54. The highest BCUT2D eigenvalue weighted by molar-refractivity contribution is 5.81. The normalized spacial score (nSPS) is 31.0. The van der Waals surface area contributed by atoms with Gasteiger partial charge in [-0.15, -0.1) is 0 Å². The number of nitrogens with zero attached hydrogens (tertiary/aromatic N) is 3. The van der Waals surface area contributed by atoms with Gasteiger partial charge in [0, 0.05) is 70.5 Å². The van der Waals surface area contributed by atoms with E-state index in [9.17, 15) is 9.59 Å². The lowest BCUT2D eigenvalue weighted by atomic mass is 9.79. The Morgan fingerprint density at radius 1 is 0.923 bits per heavy atom. The summed E-state index contributed by atoms with van der Waals surface area (Å²) >= 11 is 0. The molecular formula is C20H34FN3O2. The predicted molar refractivity (Wildman–Crippen MR) is 99.7 cm³/mol. The molecule has 0 atom stereocenters. The number of Topliss-reactive ketones (excluding diaryl/α,β-unsaturated/α-hetero) is 1. The fraction of sp³-hybridized carbons (Fsp3) is 0.900. The van der Waals surface area contributed by atoms with Gasteiger partial charge >= 0.3 is 0 Å². The minimum absolute atomic E-state index is 0.0374. The van der Waals surface area contributed by atoms with Crippen LogP contribution in [0.1, 0.15) is 45.4 Å². The number of piperidine rings is 1. The number of ketones is 1. The summed E-state index contributed by atoms with van der Waals surface area (Å²) in [5.41, 5.74) is -1.15. The van der Waals surface area contributed by atoms with Gasteiger partial charge in [-0.1, -0.05) is 0 Å². The summed E-state index contributed by atoms with van der Waals surface area (Å²) < 4.78 is 15.2. The number of hydrogen-bond donors (Lipinski definition) is 0. The smallest absolute Gasteiger partial charge is 0.225 e. The van der Waals surface area contributed by atoms with Crippen molar-refractivity contribution in [3.8, 4) is 0 Å². The summed E-state index contributed by atoms with van der Waals surface area (Å²) in [5, 5.41) is 0. The van der Waals surface area contributed by atoms with Crippen molar-refractivity contribution in [3.05, 3.63) is 0 Å². The molecule has 148 valence electrons. The van der Waals surface area contributed by atoms with Gasteiger partial charge < -0.3 is 9.80 Å². The van der Waals surface area contributed by atoms with E-state index in [4.69, 9.17) is 0 Å². The first-order valence-electron chi connectivity index (χ1n) is 10.3. The molecule has 0 aromatic heterocycles. The van der Waals surface area contributed by atoms with E-state index in [-0.39, 0.29) is 23.5 Å². The second-order valence-electron chi connectivity index (χ2n) is 8.71. The van der Waals surface area contributed by atoms with Gasteiger partial charge in [-0.2, -0.15) is 0 Å². The summed E-state index contributed by atoms with van der Waals surface area (Å²) in [6.45, 7) is 7.11. The largest absolute Gasteiger partial charge is 0.342 e. The fourth-order valence-electron chi connectivity index (χ4n) is 4.70. The van der Waals surface area contributed by atoms with E-state index in [2.05, 4.69) is 16.8 Å². The number of rotatable bonds is 4. The molecule has 0 aromatic rings. The zero-order chi connectivity index (χ0) is 18.7. The number of hydrogen-bond acceptors (Lipinski definition) is 4. The van der Waals surface area contributed by atoms with Gasteiger partial charge in [0.05, 0.1) is 0 Å². The molecule has 0 bridgehead atoms. The van der Waals surface area contributed by atoms with Crippen LogP contribution in [0.5, 0.6) is 0 Å². The fourth-order valence-corrected chi connectivity index (χ4v) is 4.70. The molecule has 0 radical (unpaired) electrons. The van der Waals surface area contributed by atoms with Crippen molar-refractivity contribution in [3.63, 3.8) is 0 Å². The number of carbonyl (C=O) groups excluding carboxylic acids is 2. The van der Waals surface area contributed by atoms with Gasteiger partial charge in [0.2, 0.25) is 5.91 Å². The van der Waals surface area contributed by atoms with E-state index >= 15 is 4.39 Å². The molecule has 2 heterocycles. The Hall–Kier alpha value is -1.01. The van der Waals surface area contributed by atoms with Crippen LogP contribution in [0.4, 0.5) is 4.39 Å². The van der Waals surface area contributed by atoms with Crippen LogP contribution in [0.2, 0.25) is 0 Å². The Morgan fingerprint density at radius 3 is 2.00 bits per heavy atom. The van der Waals surface area contributed by atoms with E-state index < -0.39 is 5.67 Å². The number of carbonyl (C=O) groups is 2. The maximum Gasteiger partial charge on any atom is 0.225 e. The van der Waals surface area contributed by atoms with Gasteiger partial charge in [0.25, 0.3) is 0 Å². The number of likely N-dealkylation sites (tertiary alicyclic amines) is 1. The van der Waals surface area contributed by atoms with Crippen molar-refractivity contribution in [2.24, 2.45) is 11.8 Å².